The molecule has 12 heavy (non-hydrogen) atoms. The molecule has 0 aromatic carbocycles. The molecule has 1 saturated carbocycles. The lowest BCUT2D eigenvalue weighted by molar-refractivity contribution is 0.302. The fraction of sp³-hybridized carbons (Fsp3) is 0.556. The highest BCUT2D eigenvalue weighted by atomic mass is 15.1. The molecule has 0 amide bonds. The van der Waals surface area contributed by atoms with Crippen molar-refractivity contribution in [3.8, 4) is 0 Å². The standard InChI is InChI=1S/C9H13N3/c1-7-3-4-8(7)12-9-10-5-2-6-11-9/h2,5-8H,3-4H2,1H3,(H,10,11,12). The van der Waals surface area contributed by atoms with Crippen LogP contribution in [0.1, 0.15) is 19.8 Å². The van der Waals surface area contributed by atoms with Crippen molar-refractivity contribution < 1.29 is 0 Å². The second-order valence-electron chi connectivity index (χ2n) is 3.38. The summed E-state index contributed by atoms with van der Waals surface area (Å²) in [6.07, 6.45) is 6.10. The van der Waals surface area contributed by atoms with Gasteiger partial charge in [-0.2, -0.15) is 0 Å². The summed E-state index contributed by atoms with van der Waals surface area (Å²) in [5.74, 6) is 1.53. The third kappa shape index (κ3) is 1.40. The van der Waals surface area contributed by atoms with Gasteiger partial charge in [0, 0.05) is 18.4 Å². The molecule has 1 aliphatic rings. The Hall–Kier alpha value is -1.12. The second-order valence-corrected chi connectivity index (χ2v) is 3.38. The molecule has 1 aromatic heterocycles. The van der Waals surface area contributed by atoms with Crippen molar-refractivity contribution in [2.45, 2.75) is 25.8 Å². The minimum absolute atomic E-state index is 0.590. The van der Waals surface area contributed by atoms with E-state index in [9.17, 15) is 0 Å². The van der Waals surface area contributed by atoms with Crippen LogP contribution < -0.4 is 5.32 Å². The van der Waals surface area contributed by atoms with Crippen molar-refractivity contribution >= 4 is 5.95 Å². The molecule has 3 nitrogen and oxygen atoms in total. The maximum Gasteiger partial charge on any atom is 0.222 e. The number of hydrogen-bond donors (Lipinski definition) is 1. The molecular formula is C9H13N3. The van der Waals surface area contributed by atoms with Gasteiger partial charge in [-0.15, -0.1) is 0 Å². The van der Waals surface area contributed by atoms with E-state index in [4.69, 9.17) is 0 Å². The SMILES string of the molecule is CC1CCC1Nc1ncccn1. The molecule has 0 radical (unpaired) electrons. The minimum atomic E-state index is 0.590. The molecule has 0 bridgehead atoms. The lowest BCUT2D eigenvalue weighted by atomic mass is 9.81. The largest absolute Gasteiger partial charge is 0.351 e. The van der Waals surface area contributed by atoms with E-state index in [-0.39, 0.29) is 0 Å². The van der Waals surface area contributed by atoms with E-state index in [1.165, 1.54) is 12.8 Å². The molecular weight excluding hydrogens is 150 g/mol. The molecule has 0 saturated heterocycles. The van der Waals surface area contributed by atoms with Gasteiger partial charge in [0.2, 0.25) is 5.95 Å². The Balaban J connectivity index is 1.95. The van der Waals surface area contributed by atoms with Gasteiger partial charge in [0.25, 0.3) is 0 Å². The monoisotopic (exact) mass is 163 g/mol. The predicted octanol–water partition coefficient (Wildman–Crippen LogP) is 1.69. The van der Waals surface area contributed by atoms with Crippen LogP contribution in [0.3, 0.4) is 0 Å². The summed E-state index contributed by atoms with van der Waals surface area (Å²) in [6.45, 7) is 2.25. The first-order chi connectivity index (χ1) is 5.86. The molecule has 1 N–H and O–H groups in total. The number of nitrogens with one attached hydrogen (secondary N) is 1. The first-order valence-electron chi connectivity index (χ1n) is 4.40. The average Bonchev–Trinajstić information content (AvgIpc) is 2.14. The fourth-order valence-corrected chi connectivity index (χ4v) is 1.42. The van der Waals surface area contributed by atoms with Crippen LogP contribution in [-0.2, 0) is 0 Å². The zero-order valence-electron chi connectivity index (χ0n) is 7.20. The van der Waals surface area contributed by atoms with E-state index in [1.54, 1.807) is 12.4 Å². The van der Waals surface area contributed by atoms with Crippen LogP contribution in [0.25, 0.3) is 0 Å². The van der Waals surface area contributed by atoms with Crippen molar-refractivity contribution in [1.29, 1.82) is 0 Å². The van der Waals surface area contributed by atoms with E-state index in [0.717, 1.165) is 11.9 Å². The zero-order valence-corrected chi connectivity index (χ0v) is 7.20. The van der Waals surface area contributed by atoms with Gasteiger partial charge in [-0.25, -0.2) is 9.97 Å². The Morgan fingerprint density at radius 2 is 2.08 bits per heavy atom. The summed E-state index contributed by atoms with van der Waals surface area (Å²) in [6, 6.07) is 2.42. The molecule has 1 aromatic rings. The van der Waals surface area contributed by atoms with Gasteiger partial charge in [-0.3, -0.25) is 0 Å². The first-order valence-corrected chi connectivity index (χ1v) is 4.40. The molecule has 2 unspecified atom stereocenters. The molecule has 64 valence electrons. The fourth-order valence-electron chi connectivity index (χ4n) is 1.42. The van der Waals surface area contributed by atoms with Crippen LogP contribution in [-0.4, -0.2) is 16.0 Å². The average molecular weight is 163 g/mol. The van der Waals surface area contributed by atoms with E-state index in [0.29, 0.717) is 6.04 Å². The smallest absolute Gasteiger partial charge is 0.222 e. The Bertz CT molecular complexity index is 247. The van der Waals surface area contributed by atoms with Gasteiger partial charge in [-0.05, 0) is 24.8 Å². The number of hydrogen-bond acceptors (Lipinski definition) is 3. The normalized spacial score (nSPS) is 27.8. The predicted molar refractivity (Wildman–Crippen MR) is 47.8 cm³/mol. The molecule has 1 fully saturated rings. The lowest BCUT2D eigenvalue weighted by Gasteiger charge is -2.34. The van der Waals surface area contributed by atoms with Crippen LogP contribution in [0.2, 0.25) is 0 Å². The molecule has 0 spiro atoms. The zero-order chi connectivity index (χ0) is 8.39. The first kappa shape index (κ1) is 7.53. The summed E-state index contributed by atoms with van der Waals surface area (Å²) in [7, 11) is 0. The van der Waals surface area contributed by atoms with E-state index < -0.39 is 0 Å². The Labute approximate surface area is 72.2 Å². The van der Waals surface area contributed by atoms with Crippen LogP contribution >= 0.6 is 0 Å². The van der Waals surface area contributed by atoms with Crippen LogP contribution in [0.4, 0.5) is 5.95 Å². The maximum atomic E-state index is 4.11. The van der Waals surface area contributed by atoms with Crippen molar-refractivity contribution in [3.05, 3.63) is 18.5 Å². The number of anilines is 1. The summed E-state index contributed by atoms with van der Waals surface area (Å²) in [4.78, 5) is 8.23. The van der Waals surface area contributed by atoms with Crippen molar-refractivity contribution in [1.82, 2.24) is 9.97 Å². The Kier molecular flexibility index (Phi) is 1.94. The maximum absolute atomic E-state index is 4.11. The third-order valence-corrected chi connectivity index (χ3v) is 2.50. The van der Waals surface area contributed by atoms with Crippen LogP contribution in [0, 0.1) is 5.92 Å². The summed E-state index contributed by atoms with van der Waals surface area (Å²) in [5.41, 5.74) is 0. The van der Waals surface area contributed by atoms with E-state index in [1.807, 2.05) is 6.07 Å². The highest BCUT2D eigenvalue weighted by Gasteiger charge is 2.26. The molecule has 2 rings (SSSR count). The van der Waals surface area contributed by atoms with Crippen molar-refractivity contribution in [2.75, 3.05) is 5.32 Å². The van der Waals surface area contributed by atoms with E-state index >= 15 is 0 Å². The lowest BCUT2D eigenvalue weighted by Crippen LogP contribution is -2.36. The van der Waals surface area contributed by atoms with Crippen LogP contribution in [0.5, 0.6) is 0 Å². The van der Waals surface area contributed by atoms with Crippen LogP contribution in [0.15, 0.2) is 18.5 Å². The van der Waals surface area contributed by atoms with Gasteiger partial charge in [0.1, 0.15) is 0 Å². The molecule has 0 aliphatic heterocycles. The molecule has 1 heterocycles. The molecule has 1 aliphatic carbocycles. The number of aromatic nitrogens is 2. The summed E-state index contributed by atoms with van der Waals surface area (Å²) >= 11 is 0. The Morgan fingerprint density at radius 3 is 2.58 bits per heavy atom. The topological polar surface area (TPSA) is 37.8 Å². The molecule has 2 atom stereocenters. The van der Waals surface area contributed by atoms with Gasteiger partial charge in [0.15, 0.2) is 0 Å². The highest BCUT2D eigenvalue weighted by molar-refractivity contribution is 5.25. The van der Waals surface area contributed by atoms with Crippen molar-refractivity contribution in [3.63, 3.8) is 0 Å². The van der Waals surface area contributed by atoms with Gasteiger partial charge in [0.05, 0.1) is 0 Å². The number of nitrogens with zero attached hydrogens (tertiary/aromatic N) is 2. The minimum Gasteiger partial charge on any atom is -0.351 e. The quantitative estimate of drug-likeness (QED) is 0.721. The summed E-state index contributed by atoms with van der Waals surface area (Å²) < 4.78 is 0. The number of rotatable bonds is 2. The third-order valence-electron chi connectivity index (χ3n) is 2.50. The highest BCUT2D eigenvalue weighted by Crippen LogP contribution is 2.28. The Morgan fingerprint density at radius 1 is 1.33 bits per heavy atom. The van der Waals surface area contributed by atoms with Gasteiger partial charge >= 0.3 is 0 Å². The van der Waals surface area contributed by atoms with Gasteiger partial charge in [-0.1, -0.05) is 6.92 Å². The summed E-state index contributed by atoms with van der Waals surface area (Å²) in [5, 5.41) is 3.31. The van der Waals surface area contributed by atoms with E-state index in [2.05, 4.69) is 22.2 Å². The second kappa shape index (κ2) is 3.09. The van der Waals surface area contributed by atoms with Crippen molar-refractivity contribution in [2.24, 2.45) is 5.92 Å². The van der Waals surface area contributed by atoms with Gasteiger partial charge < -0.3 is 5.32 Å². The molecule has 3 heteroatoms.